The largest absolute Gasteiger partial charge is 0.326 e. The van der Waals surface area contributed by atoms with Crippen LogP contribution in [0.15, 0.2) is 29.2 Å². The Morgan fingerprint density at radius 3 is 2.61 bits per heavy atom. The van der Waals surface area contributed by atoms with Gasteiger partial charge in [0.25, 0.3) is 0 Å². The molecular formula is C12H20N2O2S2. The van der Waals surface area contributed by atoms with Crippen molar-refractivity contribution in [3.8, 4) is 0 Å². The highest BCUT2D eigenvalue weighted by Crippen LogP contribution is 2.19. The number of hydrogen-bond donors (Lipinski definition) is 1. The molecule has 0 aliphatic rings. The van der Waals surface area contributed by atoms with Gasteiger partial charge in [-0.2, -0.15) is 11.8 Å². The molecule has 0 fully saturated rings. The van der Waals surface area contributed by atoms with E-state index in [-0.39, 0.29) is 6.54 Å². The van der Waals surface area contributed by atoms with Crippen molar-refractivity contribution >= 4 is 21.8 Å². The topological polar surface area (TPSA) is 63.4 Å². The van der Waals surface area contributed by atoms with E-state index in [1.807, 2.05) is 6.26 Å². The fraction of sp³-hybridized carbons (Fsp3) is 0.500. The van der Waals surface area contributed by atoms with E-state index in [9.17, 15) is 8.42 Å². The van der Waals surface area contributed by atoms with Crippen LogP contribution in [0.2, 0.25) is 0 Å². The number of sulfonamides is 1. The van der Waals surface area contributed by atoms with E-state index in [0.717, 1.165) is 12.2 Å². The number of thioether (sulfide) groups is 1. The van der Waals surface area contributed by atoms with Crippen molar-refractivity contribution < 1.29 is 8.42 Å². The standard InChI is InChI=1S/C12H20N2O2S2/c1-14(8-5-9-17-2)18(15,16)12-7-4-3-6-11(12)10-13/h3-4,6-7H,5,8-10,13H2,1-2H3. The zero-order valence-corrected chi connectivity index (χ0v) is 12.4. The van der Waals surface area contributed by atoms with Crippen molar-refractivity contribution in [2.75, 3.05) is 25.6 Å². The normalized spacial score (nSPS) is 12.0. The van der Waals surface area contributed by atoms with Gasteiger partial charge in [-0.15, -0.1) is 0 Å². The number of rotatable bonds is 7. The summed E-state index contributed by atoms with van der Waals surface area (Å²) in [7, 11) is -1.80. The Bertz CT molecular complexity index is 475. The average molecular weight is 288 g/mol. The quantitative estimate of drug-likeness (QED) is 0.773. The van der Waals surface area contributed by atoms with Gasteiger partial charge in [-0.1, -0.05) is 18.2 Å². The molecule has 0 saturated carbocycles. The Morgan fingerprint density at radius 2 is 2.00 bits per heavy atom. The first-order valence-electron chi connectivity index (χ1n) is 5.77. The van der Waals surface area contributed by atoms with Crippen LogP contribution in [0.1, 0.15) is 12.0 Å². The van der Waals surface area contributed by atoms with Crippen molar-refractivity contribution in [1.82, 2.24) is 4.31 Å². The van der Waals surface area contributed by atoms with Crippen LogP contribution in [0.5, 0.6) is 0 Å². The average Bonchev–Trinajstić information content (AvgIpc) is 2.38. The van der Waals surface area contributed by atoms with E-state index < -0.39 is 10.0 Å². The van der Waals surface area contributed by atoms with Gasteiger partial charge in [0.1, 0.15) is 0 Å². The molecule has 0 aliphatic carbocycles. The predicted octanol–water partition coefficient (Wildman–Crippen LogP) is 1.52. The Morgan fingerprint density at radius 1 is 1.33 bits per heavy atom. The second-order valence-corrected chi connectivity index (χ2v) is 6.98. The lowest BCUT2D eigenvalue weighted by atomic mass is 10.2. The lowest BCUT2D eigenvalue weighted by molar-refractivity contribution is 0.469. The summed E-state index contributed by atoms with van der Waals surface area (Å²) >= 11 is 1.72. The number of hydrogen-bond acceptors (Lipinski definition) is 4. The molecule has 0 heterocycles. The van der Waals surface area contributed by atoms with Gasteiger partial charge in [0.15, 0.2) is 0 Å². The summed E-state index contributed by atoms with van der Waals surface area (Å²) in [4.78, 5) is 0.319. The molecule has 18 heavy (non-hydrogen) atoms. The van der Waals surface area contributed by atoms with Crippen molar-refractivity contribution in [1.29, 1.82) is 0 Å². The second kappa shape index (κ2) is 7.13. The van der Waals surface area contributed by atoms with Gasteiger partial charge >= 0.3 is 0 Å². The minimum atomic E-state index is -3.42. The summed E-state index contributed by atoms with van der Waals surface area (Å²) in [6.07, 6.45) is 2.86. The molecule has 0 aromatic heterocycles. The summed E-state index contributed by atoms with van der Waals surface area (Å²) in [6.45, 7) is 0.760. The Balaban J connectivity index is 2.91. The number of benzene rings is 1. The molecule has 0 amide bonds. The SMILES string of the molecule is CSCCCN(C)S(=O)(=O)c1ccccc1CN. The van der Waals surface area contributed by atoms with Gasteiger partial charge in [0.2, 0.25) is 10.0 Å². The van der Waals surface area contributed by atoms with Crippen LogP contribution in [-0.2, 0) is 16.6 Å². The van der Waals surface area contributed by atoms with Crippen LogP contribution < -0.4 is 5.73 Å². The van der Waals surface area contributed by atoms with Gasteiger partial charge in [-0.05, 0) is 30.1 Å². The number of nitrogens with zero attached hydrogens (tertiary/aromatic N) is 1. The molecule has 0 bridgehead atoms. The highest BCUT2D eigenvalue weighted by Gasteiger charge is 2.22. The van der Waals surface area contributed by atoms with Crippen molar-refractivity contribution in [2.24, 2.45) is 5.73 Å². The first-order valence-corrected chi connectivity index (χ1v) is 8.60. The molecule has 1 aromatic carbocycles. The predicted molar refractivity (Wildman–Crippen MR) is 77.1 cm³/mol. The van der Waals surface area contributed by atoms with Crippen molar-refractivity contribution in [3.05, 3.63) is 29.8 Å². The van der Waals surface area contributed by atoms with Crippen LogP contribution in [0.3, 0.4) is 0 Å². The molecule has 4 nitrogen and oxygen atoms in total. The van der Waals surface area contributed by atoms with Gasteiger partial charge in [0.05, 0.1) is 4.90 Å². The zero-order chi connectivity index (χ0) is 13.6. The Labute approximate surface area is 114 Å². The van der Waals surface area contributed by atoms with E-state index in [0.29, 0.717) is 17.0 Å². The van der Waals surface area contributed by atoms with Crippen LogP contribution in [0.25, 0.3) is 0 Å². The van der Waals surface area contributed by atoms with E-state index in [2.05, 4.69) is 0 Å². The third kappa shape index (κ3) is 3.71. The molecule has 0 atom stereocenters. The third-order valence-corrected chi connectivity index (χ3v) is 5.36. The first kappa shape index (κ1) is 15.5. The van der Waals surface area contributed by atoms with E-state index in [1.54, 1.807) is 43.1 Å². The van der Waals surface area contributed by atoms with Crippen molar-refractivity contribution in [2.45, 2.75) is 17.9 Å². The minimum Gasteiger partial charge on any atom is -0.326 e. The molecular weight excluding hydrogens is 268 g/mol. The fourth-order valence-corrected chi connectivity index (χ4v) is 3.50. The Kier molecular flexibility index (Phi) is 6.14. The zero-order valence-electron chi connectivity index (χ0n) is 10.8. The minimum absolute atomic E-state index is 0.230. The summed E-state index contributed by atoms with van der Waals surface area (Å²) in [5.41, 5.74) is 6.24. The van der Waals surface area contributed by atoms with E-state index >= 15 is 0 Å². The number of nitrogens with two attached hydrogens (primary N) is 1. The van der Waals surface area contributed by atoms with Gasteiger partial charge in [-0.25, -0.2) is 12.7 Å². The highest BCUT2D eigenvalue weighted by atomic mass is 32.2. The molecule has 6 heteroatoms. The van der Waals surface area contributed by atoms with E-state index in [1.165, 1.54) is 4.31 Å². The van der Waals surface area contributed by atoms with Crippen molar-refractivity contribution in [3.63, 3.8) is 0 Å². The molecule has 2 N–H and O–H groups in total. The monoisotopic (exact) mass is 288 g/mol. The molecule has 102 valence electrons. The van der Waals surface area contributed by atoms with Crippen LogP contribution in [0.4, 0.5) is 0 Å². The maximum Gasteiger partial charge on any atom is 0.243 e. The fourth-order valence-electron chi connectivity index (χ4n) is 1.64. The molecule has 0 radical (unpaired) electrons. The summed E-state index contributed by atoms with van der Waals surface area (Å²) < 4.78 is 26.1. The van der Waals surface area contributed by atoms with Gasteiger partial charge < -0.3 is 5.73 Å². The molecule has 0 saturated heterocycles. The smallest absolute Gasteiger partial charge is 0.243 e. The van der Waals surface area contributed by atoms with Crippen LogP contribution >= 0.6 is 11.8 Å². The van der Waals surface area contributed by atoms with Crippen LogP contribution in [0, 0.1) is 0 Å². The molecule has 0 spiro atoms. The van der Waals surface area contributed by atoms with Gasteiger partial charge in [0, 0.05) is 20.1 Å². The summed E-state index contributed by atoms with van der Waals surface area (Å²) in [5, 5.41) is 0. The maximum atomic E-state index is 12.4. The first-order chi connectivity index (χ1) is 8.54. The van der Waals surface area contributed by atoms with Gasteiger partial charge in [-0.3, -0.25) is 0 Å². The maximum absolute atomic E-state index is 12.4. The molecule has 0 unspecified atom stereocenters. The third-order valence-electron chi connectivity index (χ3n) is 2.70. The summed E-state index contributed by atoms with van der Waals surface area (Å²) in [6, 6.07) is 6.89. The second-order valence-electron chi connectivity index (χ2n) is 3.98. The summed E-state index contributed by atoms with van der Waals surface area (Å²) in [5.74, 6) is 0.957. The molecule has 1 rings (SSSR count). The lowest BCUT2D eigenvalue weighted by Gasteiger charge is -2.18. The Hall–Kier alpha value is -0.560. The van der Waals surface area contributed by atoms with E-state index in [4.69, 9.17) is 5.73 Å². The lowest BCUT2D eigenvalue weighted by Crippen LogP contribution is -2.29. The van der Waals surface area contributed by atoms with Crippen LogP contribution in [-0.4, -0.2) is 38.3 Å². The molecule has 1 aromatic rings. The highest BCUT2D eigenvalue weighted by molar-refractivity contribution is 7.98. The molecule has 0 aliphatic heterocycles.